The lowest BCUT2D eigenvalue weighted by Crippen LogP contribution is -1.91. The standard InChI is InChI=1S/C12H8BrClN4/c1-7-4-8(6-9(13)5-7)11-16-17-12-10(14)15-2-3-18(11)12/h2-6H,1H3. The van der Waals surface area contributed by atoms with Crippen molar-refractivity contribution in [1.82, 2.24) is 19.6 Å². The molecule has 0 bridgehead atoms. The molecule has 0 radical (unpaired) electrons. The molecule has 0 atom stereocenters. The van der Waals surface area contributed by atoms with Crippen molar-refractivity contribution in [3.8, 4) is 11.4 Å². The van der Waals surface area contributed by atoms with Crippen molar-refractivity contribution >= 4 is 33.2 Å². The molecule has 0 aliphatic carbocycles. The molecule has 0 aliphatic heterocycles. The number of nitrogens with zero attached hydrogens (tertiary/aromatic N) is 4. The van der Waals surface area contributed by atoms with Gasteiger partial charge in [0.1, 0.15) is 0 Å². The molecule has 0 saturated carbocycles. The first-order chi connectivity index (χ1) is 8.65. The molecule has 0 N–H and O–H groups in total. The second-order valence-corrected chi connectivity index (χ2v) is 5.23. The number of fused-ring (bicyclic) bond motifs is 1. The number of aryl methyl sites for hydroxylation is 1. The minimum absolute atomic E-state index is 0.350. The molecule has 0 fully saturated rings. The van der Waals surface area contributed by atoms with Crippen molar-refractivity contribution in [2.75, 3.05) is 0 Å². The lowest BCUT2D eigenvalue weighted by atomic mass is 10.1. The van der Waals surface area contributed by atoms with Gasteiger partial charge in [0.15, 0.2) is 16.6 Å². The summed E-state index contributed by atoms with van der Waals surface area (Å²) in [6, 6.07) is 6.09. The van der Waals surface area contributed by atoms with Crippen LogP contribution < -0.4 is 0 Å². The average Bonchev–Trinajstić information content (AvgIpc) is 2.73. The van der Waals surface area contributed by atoms with Gasteiger partial charge in [0.25, 0.3) is 0 Å². The van der Waals surface area contributed by atoms with Crippen LogP contribution in [0.15, 0.2) is 35.1 Å². The molecule has 3 aromatic rings. The van der Waals surface area contributed by atoms with E-state index < -0.39 is 0 Å². The molecule has 3 rings (SSSR count). The quantitative estimate of drug-likeness (QED) is 0.688. The van der Waals surface area contributed by atoms with E-state index in [9.17, 15) is 0 Å². The molecule has 4 nitrogen and oxygen atoms in total. The Kier molecular flexibility index (Phi) is 2.80. The summed E-state index contributed by atoms with van der Waals surface area (Å²) in [5.41, 5.74) is 2.69. The molecular formula is C12H8BrClN4. The molecule has 1 aromatic carbocycles. The van der Waals surface area contributed by atoms with Gasteiger partial charge >= 0.3 is 0 Å². The van der Waals surface area contributed by atoms with Crippen LogP contribution in [-0.2, 0) is 0 Å². The summed E-state index contributed by atoms with van der Waals surface area (Å²) < 4.78 is 2.84. The molecule has 2 aromatic heterocycles. The van der Waals surface area contributed by atoms with Crippen LogP contribution in [0.4, 0.5) is 0 Å². The van der Waals surface area contributed by atoms with E-state index in [2.05, 4.69) is 37.2 Å². The van der Waals surface area contributed by atoms with E-state index in [1.54, 1.807) is 12.4 Å². The van der Waals surface area contributed by atoms with Crippen molar-refractivity contribution < 1.29 is 0 Å². The Balaban J connectivity index is 2.29. The summed E-state index contributed by atoms with van der Waals surface area (Å²) in [7, 11) is 0. The molecule has 18 heavy (non-hydrogen) atoms. The second-order valence-electron chi connectivity index (χ2n) is 3.95. The number of benzene rings is 1. The van der Waals surface area contributed by atoms with E-state index in [-0.39, 0.29) is 0 Å². The Hall–Kier alpha value is -1.46. The van der Waals surface area contributed by atoms with Gasteiger partial charge < -0.3 is 0 Å². The fourth-order valence-corrected chi connectivity index (χ4v) is 2.65. The Labute approximate surface area is 117 Å². The summed E-state index contributed by atoms with van der Waals surface area (Å²) in [5, 5.41) is 8.58. The van der Waals surface area contributed by atoms with E-state index in [4.69, 9.17) is 11.6 Å². The fraction of sp³-hybridized carbons (Fsp3) is 0.0833. The predicted molar refractivity (Wildman–Crippen MR) is 73.7 cm³/mol. The molecule has 0 aliphatic rings. The van der Waals surface area contributed by atoms with Gasteiger partial charge in [-0.1, -0.05) is 27.5 Å². The highest BCUT2D eigenvalue weighted by Gasteiger charge is 2.11. The summed E-state index contributed by atoms with van der Waals surface area (Å²) in [5.74, 6) is 0.749. The maximum atomic E-state index is 5.98. The number of rotatable bonds is 1. The average molecular weight is 324 g/mol. The second kappa shape index (κ2) is 4.33. The lowest BCUT2D eigenvalue weighted by molar-refractivity contribution is 1.11. The number of hydrogen-bond donors (Lipinski definition) is 0. The van der Waals surface area contributed by atoms with Crippen molar-refractivity contribution in [3.05, 3.63) is 45.8 Å². The van der Waals surface area contributed by atoms with Crippen LogP contribution in [0.1, 0.15) is 5.56 Å². The van der Waals surface area contributed by atoms with Gasteiger partial charge in [-0.25, -0.2) is 4.98 Å². The van der Waals surface area contributed by atoms with Crippen molar-refractivity contribution in [2.24, 2.45) is 0 Å². The minimum atomic E-state index is 0.350. The normalized spacial score (nSPS) is 11.1. The van der Waals surface area contributed by atoms with Crippen LogP contribution in [0.3, 0.4) is 0 Å². The van der Waals surface area contributed by atoms with Gasteiger partial charge in [-0.05, 0) is 30.7 Å². The largest absolute Gasteiger partial charge is 0.278 e. The van der Waals surface area contributed by atoms with Gasteiger partial charge in [0.05, 0.1) is 0 Å². The molecule has 0 unspecified atom stereocenters. The zero-order valence-electron chi connectivity index (χ0n) is 9.43. The number of aromatic nitrogens is 4. The van der Waals surface area contributed by atoms with Crippen molar-refractivity contribution in [2.45, 2.75) is 6.92 Å². The van der Waals surface area contributed by atoms with Gasteiger partial charge in [-0.15, -0.1) is 10.2 Å². The third kappa shape index (κ3) is 1.89. The van der Waals surface area contributed by atoms with Crippen LogP contribution in [0.2, 0.25) is 5.15 Å². The van der Waals surface area contributed by atoms with E-state index in [0.717, 1.165) is 21.4 Å². The number of halogens is 2. The topological polar surface area (TPSA) is 43.1 Å². The smallest absolute Gasteiger partial charge is 0.198 e. The molecule has 0 amide bonds. The maximum absolute atomic E-state index is 5.98. The molecular weight excluding hydrogens is 316 g/mol. The Bertz CT molecular complexity index is 718. The van der Waals surface area contributed by atoms with Crippen molar-refractivity contribution in [1.29, 1.82) is 0 Å². The zero-order chi connectivity index (χ0) is 12.7. The predicted octanol–water partition coefficient (Wildman–Crippen LogP) is 3.52. The Morgan fingerprint density at radius 2 is 2.06 bits per heavy atom. The lowest BCUT2D eigenvalue weighted by Gasteiger charge is -2.02. The van der Waals surface area contributed by atoms with E-state index in [1.807, 2.05) is 23.5 Å². The SMILES string of the molecule is Cc1cc(Br)cc(-c2nnc3c(Cl)nccn23)c1. The minimum Gasteiger partial charge on any atom is -0.278 e. The Morgan fingerprint density at radius 3 is 2.83 bits per heavy atom. The highest BCUT2D eigenvalue weighted by molar-refractivity contribution is 9.10. The van der Waals surface area contributed by atoms with E-state index >= 15 is 0 Å². The summed E-state index contributed by atoms with van der Waals surface area (Å²) in [6.45, 7) is 2.03. The van der Waals surface area contributed by atoms with Crippen LogP contribution in [-0.4, -0.2) is 19.6 Å². The highest BCUT2D eigenvalue weighted by atomic mass is 79.9. The van der Waals surface area contributed by atoms with Gasteiger partial charge in [0, 0.05) is 22.4 Å². The first-order valence-corrected chi connectivity index (χ1v) is 6.45. The molecule has 2 heterocycles. The Morgan fingerprint density at radius 1 is 1.22 bits per heavy atom. The van der Waals surface area contributed by atoms with Gasteiger partial charge in [-0.2, -0.15) is 0 Å². The summed E-state index contributed by atoms with van der Waals surface area (Å²) in [4.78, 5) is 3.98. The fourth-order valence-electron chi connectivity index (χ4n) is 1.86. The summed E-state index contributed by atoms with van der Waals surface area (Å²) >= 11 is 9.46. The van der Waals surface area contributed by atoms with Crippen LogP contribution in [0.5, 0.6) is 0 Å². The van der Waals surface area contributed by atoms with Crippen LogP contribution >= 0.6 is 27.5 Å². The van der Waals surface area contributed by atoms with E-state index in [0.29, 0.717) is 10.8 Å². The molecule has 6 heteroatoms. The monoisotopic (exact) mass is 322 g/mol. The molecule has 0 spiro atoms. The van der Waals surface area contributed by atoms with Gasteiger partial charge in [0.2, 0.25) is 0 Å². The summed E-state index contributed by atoms with van der Waals surface area (Å²) in [6.07, 6.45) is 3.43. The van der Waals surface area contributed by atoms with Crippen LogP contribution in [0, 0.1) is 6.92 Å². The first kappa shape index (κ1) is 11.6. The number of hydrogen-bond acceptors (Lipinski definition) is 3. The third-order valence-electron chi connectivity index (χ3n) is 2.58. The molecule has 90 valence electrons. The van der Waals surface area contributed by atoms with Gasteiger partial charge in [-0.3, -0.25) is 4.40 Å². The first-order valence-electron chi connectivity index (χ1n) is 5.28. The van der Waals surface area contributed by atoms with E-state index in [1.165, 1.54) is 0 Å². The van der Waals surface area contributed by atoms with Crippen LogP contribution in [0.25, 0.3) is 17.0 Å². The zero-order valence-corrected chi connectivity index (χ0v) is 11.8. The highest BCUT2D eigenvalue weighted by Crippen LogP contribution is 2.25. The maximum Gasteiger partial charge on any atom is 0.198 e. The third-order valence-corrected chi connectivity index (χ3v) is 3.31. The molecule has 0 saturated heterocycles. The van der Waals surface area contributed by atoms with Crippen molar-refractivity contribution in [3.63, 3.8) is 0 Å².